The number of hydrogen-bond donors (Lipinski definition) is 3. The van der Waals surface area contributed by atoms with Crippen LogP contribution in [0, 0.1) is 0 Å². The molecule has 0 fully saturated rings. The average Bonchev–Trinajstić information content (AvgIpc) is 3.12. The lowest BCUT2D eigenvalue weighted by atomic mass is 10.4. The van der Waals surface area contributed by atoms with Crippen LogP contribution in [-0.4, -0.2) is 41.2 Å². The second kappa shape index (κ2) is 7.75. The summed E-state index contributed by atoms with van der Waals surface area (Å²) >= 11 is 7.77. The van der Waals surface area contributed by atoms with Crippen molar-refractivity contribution in [1.29, 1.82) is 0 Å². The summed E-state index contributed by atoms with van der Waals surface area (Å²) in [5, 5.41) is 0. The number of halogens is 2. The third-order valence-corrected chi connectivity index (χ3v) is 4.79. The number of aromatic amines is 1. The molecule has 0 saturated carbocycles. The van der Waals surface area contributed by atoms with Crippen LogP contribution in [0.2, 0.25) is 0 Å². The number of hydrogen-bond acceptors (Lipinski definition) is 4. The van der Waals surface area contributed by atoms with Gasteiger partial charge in [-0.05, 0) is 50.1 Å². The van der Waals surface area contributed by atoms with E-state index in [2.05, 4.69) is 47.7 Å². The molecule has 0 bridgehead atoms. The molecule has 7 nitrogen and oxygen atoms in total. The van der Waals surface area contributed by atoms with E-state index in [1.807, 2.05) is 0 Å². The van der Waals surface area contributed by atoms with Crippen molar-refractivity contribution in [3.8, 4) is 0 Å². The first-order valence-electron chi connectivity index (χ1n) is 6.30. The fourth-order valence-corrected chi connectivity index (χ4v) is 3.36. The van der Waals surface area contributed by atoms with Gasteiger partial charge in [-0.25, -0.2) is 0 Å². The zero-order valence-electron chi connectivity index (χ0n) is 11.9. The highest BCUT2D eigenvalue weighted by Gasteiger charge is 2.17. The molecular weight excluding hydrogens is 452 g/mol. The zero-order chi connectivity index (χ0) is 17.0. The van der Waals surface area contributed by atoms with Gasteiger partial charge in [0.2, 0.25) is 0 Å². The predicted molar refractivity (Wildman–Crippen MR) is 93.1 cm³/mol. The van der Waals surface area contributed by atoms with Gasteiger partial charge in [0.15, 0.2) is 0 Å². The zero-order valence-corrected chi connectivity index (χ0v) is 15.8. The maximum atomic E-state index is 12.1. The Hall–Kier alpha value is -1.65. The number of carbonyl (C=O) groups is 3. The average molecular weight is 464 g/mol. The number of carbonyl (C=O) groups excluding carboxylic acids is 3. The minimum Gasteiger partial charge on any atom is -0.356 e. The molecule has 0 atom stereocenters. The highest BCUT2D eigenvalue weighted by atomic mass is 79.9. The van der Waals surface area contributed by atoms with Crippen molar-refractivity contribution in [2.24, 2.45) is 0 Å². The summed E-state index contributed by atoms with van der Waals surface area (Å²) in [7, 11) is 1.51. The molecule has 2 heterocycles. The van der Waals surface area contributed by atoms with Crippen molar-refractivity contribution >= 4 is 60.9 Å². The van der Waals surface area contributed by atoms with E-state index in [0.29, 0.717) is 10.6 Å². The Morgan fingerprint density at radius 3 is 2.57 bits per heavy atom. The van der Waals surface area contributed by atoms with E-state index >= 15 is 0 Å². The molecule has 2 aromatic rings. The molecule has 0 unspecified atom stereocenters. The van der Waals surface area contributed by atoms with Crippen LogP contribution in [0.25, 0.3) is 0 Å². The molecule has 0 aliphatic rings. The summed E-state index contributed by atoms with van der Waals surface area (Å²) < 4.78 is 1.56. The SMILES string of the molecule is CN(CC(=O)NNC(=O)c1cc(Br)c[nH]1)C(=O)c1ccc(Br)s1. The fraction of sp³-hybridized carbons (Fsp3) is 0.154. The molecule has 0 aromatic carbocycles. The van der Waals surface area contributed by atoms with Crippen molar-refractivity contribution in [3.05, 3.63) is 43.2 Å². The normalized spacial score (nSPS) is 10.2. The van der Waals surface area contributed by atoms with Crippen molar-refractivity contribution < 1.29 is 14.4 Å². The number of rotatable bonds is 4. The Kier molecular flexibility index (Phi) is 5.97. The number of amides is 3. The molecule has 10 heteroatoms. The first-order valence-corrected chi connectivity index (χ1v) is 8.71. The predicted octanol–water partition coefficient (Wildman–Crippen LogP) is 2.13. The van der Waals surface area contributed by atoms with E-state index in [0.717, 1.165) is 8.26 Å². The molecule has 0 spiro atoms. The van der Waals surface area contributed by atoms with Gasteiger partial charge in [-0.15, -0.1) is 11.3 Å². The van der Waals surface area contributed by atoms with Crippen molar-refractivity contribution in [2.45, 2.75) is 0 Å². The maximum Gasteiger partial charge on any atom is 0.286 e. The van der Waals surface area contributed by atoms with E-state index in [-0.39, 0.29) is 12.5 Å². The van der Waals surface area contributed by atoms with Gasteiger partial charge in [0.1, 0.15) is 12.2 Å². The number of aromatic nitrogens is 1. The minimum absolute atomic E-state index is 0.178. The molecule has 3 amide bonds. The summed E-state index contributed by atoms with van der Waals surface area (Å²) in [6.07, 6.45) is 1.60. The smallest absolute Gasteiger partial charge is 0.286 e. The first-order chi connectivity index (χ1) is 10.9. The van der Waals surface area contributed by atoms with E-state index < -0.39 is 11.8 Å². The fourth-order valence-electron chi connectivity index (χ4n) is 1.64. The summed E-state index contributed by atoms with van der Waals surface area (Å²) in [6, 6.07) is 5.02. The molecule has 0 aliphatic heterocycles. The maximum absolute atomic E-state index is 12.1. The Labute approximate surface area is 152 Å². The van der Waals surface area contributed by atoms with Crippen LogP contribution in [0.5, 0.6) is 0 Å². The van der Waals surface area contributed by atoms with Crippen LogP contribution in [0.3, 0.4) is 0 Å². The van der Waals surface area contributed by atoms with E-state index in [1.54, 1.807) is 24.4 Å². The second-order valence-electron chi connectivity index (χ2n) is 4.50. The van der Waals surface area contributed by atoms with Gasteiger partial charge < -0.3 is 9.88 Å². The number of thiophene rings is 1. The largest absolute Gasteiger partial charge is 0.356 e. The lowest BCUT2D eigenvalue weighted by Gasteiger charge is -2.16. The summed E-state index contributed by atoms with van der Waals surface area (Å²) in [5.74, 6) is -1.26. The van der Waals surface area contributed by atoms with Crippen LogP contribution < -0.4 is 10.9 Å². The monoisotopic (exact) mass is 462 g/mol. The van der Waals surface area contributed by atoms with Crippen LogP contribution in [0.1, 0.15) is 20.2 Å². The van der Waals surface area contributed by atoms with Gasteiger partial charge in [0.25, 0.3) is 17.7 Å². The van der Waals surface area contributed by atoms with Crippen molar-refractivity contribution in [3.63, 3.8) is 0 Å². The van der Waals surface area contributed by atoms with Gasteiger partial charge in [-0.3, -0.25) is 25.2 Å². The lowest BCUT2D eigenvalue weighted by molar-refractivity contribution is -0.122. The third-order valence-electron chi connectivity index (χ3n) is 2.72. The second-order valence-corrected chi connectivity index (χ2v) is 7.88. The Morgan fingerprint density at radius 1 is 1.26 bits per heavy atom. The molecular formula is C13H12Br2N4O3S. The van der Waals surface area contributed by atoms with Crippen molar-refractivity contribution in [1.82, 2.24) is 20.7 Å². The molecule has 2 aromatic heterocycles. The molecule has 122 valence electrons. The molecule has 3 N–H and O–H groups in total. The summed E-state index contributed by atoms with van der Waals surface area (Å²) in [5.41, 5.74) is 4.82. The molecule has 2 rings (SSSR count). The molecule has 23 heavy (non-hydrogen) atoms. The number of H-pyrrole nitrogens is 1. The number of nitrogens with one attached hydrogen (secondary N) is 3. The number of nitrogens with zero attached hydrogens (tertiary/aromatic N) is 1. The van der Waals surface area contributed by atoms with E-state index in [9.17, 15) is 14.4 Å². The quantitative estimate of drug-likeness (QED) is 0.606. The lowest BCUT2D eigenvalue weighted by Crippen LogP contribution is -2.46. The molecule has 0 aliphatic carbocycles. The Bertz CT molecular complexity index is 743. The third kappa shape index (κ3) is 4.91. The van der Waals surface area contributed by atoms with Crippen LogP contribution in [-0.2, 0) is 4.79 Å². The molecule has 0 saturated heterocycles. The van der Waals surface area contributed by atoms with Crippen LogP contribution in [0.4, 0.5) is 0 Å². The first kappa shape index (κ1) is 17.7. The standard InChI is InChI=1S/C13H12Br2N4O3S/c1-19(13(22)9-2-3-10(15)23-9)6-11(20)17-18-12(21)8-4-7(14)5-16-8/h2-5,16H,6H2,1H3,(H,17,20)(H,18,21). The van der Waals surface area contributed by atoms with E-state index in [1.165, 1.54) is 23.3 Å². The minimum atomic E-state index is -0.504. The number of likely N-dealkylation sites (N-methyl/N-ethyl adjacent to an activating group) is 1. The van der Waals surface area contributed by atoms with Crippen LogP contribution >= 0.6 is 43.2 Å². The number of hydrazine groups is 1. The summed E-state index contributed by atoms with van der Waals surface area (Å²) in [6.45, 7) is -0.178. The Morgan fingerprint density at radius 2 is 2.00 bits per heavy atom. The highest BCUT2D eigenvalue weighted by Crippen LogP contribution is 2.22. The highest BCUT2D eigenvalue weighted by molar-refractivity contribution is 9.11. The topological polar surface area (TPSA) is 94.3 Å². The van der Waals surface area contributed by atoms with Crippen molar-refractivity contribution in [2.75, 3.05) is 13.6 Å². The Balaban J connectivity index is 1.82. The van der Waals surface area contributed by atoms with E-state index in [4.69, 9.17) is 0 Å². The van der Waals surface area contributed by atoms with Gasteiger partial charge in [-0.1, -0.05) is 0 Å². The van der Waals surface area contributed by atoms with Gasteiger partial charge in [0.05, 0.1) is 8.66 Å². The van der Waals surface area contributed by atoms with Crippen LogP contribution in [0.15, 0.2) is 32.7 Å². The molecule has 0 radical (unpaired) electrons. The summed E-state index contributed by atoms with van der Waals surface area (Å²) in [4.78, 5) is 40.2. The van der Waals surface area contributed by atoms with Gasteiger partial charge in [0, 0.05) is 17.7 Å². The van der Waals surface area contributed by atoms with Gasteiger partial charge in [-0.2, -0.15) is 0 Å². The van der Waals surface area contributed by atoms with Gasteiger partial charge >= 0.3 is 0 Å².